The quantitative estimate of drug-likeness (QED) is 0.252. The molecule has 8 nitrogen and oxygen atoms in total. The summed E-state index contributed by atoms with van der Waals surface area (Å²) in [7, 11) is 0. The SMILES string of the molecule is O=C1[C@@H]2C(c3ccc([N+](=O)[O-])cc3)=NN(c3ccccc3)[C@H]2C(=O)N1c1cccc2ccccc12. The molecule has 1 saturated heterocycles. The van der Waals surface area contributed by atoms with Crippen LogP contribution in [0.3, 0.4) is 0 Å². The van der Waals surface area contributed by atoms with Gasteiger partial charge in [0.05, 0.1) is 22.0 Å². The first-order chi connectivity index (χ1) is 17.0. The van der Waals surface area contributed by atoms with Gasteiger partial charge in [0.2, 0.25) is 5.91 Å². The molecule has 0 radical (unpaired) electrons. The number of carbonyl (C=O) groups is 2. The average Bonchev–Trinajstić information content (AvgIpc) is 3.41. The molecular weight excluding hydrogens is 444 g/mol. The van der Waals surface area contributed by atoms with Crippen molar-refractivity contribution < 1.29 is 14.5 Å². The minimum absolute atomic E-state index is 0.0602. The van der Waals surface area contributed by atoms with Gasteiger partial charge in [-0.15, -0.1) is 0 Å². The highest BCUT2D eigenvalue weighted by Crippen LogP contribution is 2.41. The number of amides is 2. The zero-order chi connectivity index (χ0) is 24.1. The molecule has 0 N–H and O–H groups in total. The van der Waals surface area contributed by atoms with Crippen LogP contribution >= 0.6 is 0 Å². The number of hydrogen-bond donors (Lipinski definition) is 0. The lowest BCUT2D eigenvalue weighted by Gasteiger charge is -2.22. The summed E-state index contributed by atoms with van der Waals surface area (Å²) in [4.78, 5) is 39.6. The molecule has 2 heterocycles. The Morgan fingerprint density at radius 2 is 1.46 bits per heavy atom. The molecule has 2 aliphatic heterocycles. The third-order valence-corrected chi connectivity index (χ3v) is 6.45. The Bertz CT molecular complexity index is 1530. The van der Waals surface area contributed by atoms with Crippen LogP contribution in [0.15, 0.2) is 102 Å². The van der Waals surface area contributed by atoms with Crippen LogP contribution in [0, 0.1) is 16.0 Å². The predicted molar refractivity (Wildman–Crippen MR) is 132 cm³/mol. The average molecular weight is 462 g/mol. The fourth-order valence-electron chi connectivity index (χ4n) is 4.84. The van der Waals surface area contributed by atoms with Gasteiger partial charge in [0.25, 0.3) is 11.6 Å². The highest BCUT2D eigenvalue weighted by molar-refractivity contribution is 6.35. The van der Waals surface area contributed by atoms with Gasteiger partial charge in [-0.3, -0.25) is 24.7 Å². The Labute approximate surface area is 199 Å². The molecule has 0 unspecified atom stereocenters. The lowest BCUT2D eigenvalue weighted by molar-refractivity contribution is -0.384. The molecule has 35 heavy (non-hydrogen) atoms. The molecule has 2 amide bonds. The number of nitrogens with zero attached hydrogens (tertiary/aromatic N) is 4. The number of hydrazone groups is 1. The van der Waals surface area contributed by atoms with Gasteiger partial charge < -0.3 is 0 Å². The van der Waals surface area contributed by atoms with Gasteiger partial charge in [-0.1, -0.05) is 54.6 Å². The van der Waals surface area contributed by atoms with Crippen molar-refractivity contribution in [2.75, 3.05) is 9.91 Å². The first-order valence-electron chi connectivity index (χ1n) is 11.1. The van der Waals surface area contributed by atoms with Gasteiger partial charge in [-0.25, -0.2) is 4.90 Å². The van der Waals surface area contributed by atoms with E-state index in [1.807, 2.05) is 66.7 Å². The lowest BCUT2D eigenvalue weighted by Crippen LogP contribution is -2.39. The first kappa shape index (κ1) is 20.7. The number of carbonyl (C=O) groups excluding carboxylic acids is 2. The number of non-ortho nitro benzene ring substituents is 1. The molecule has 0 saturated carbocycles. The molecule has 1 fully saturated rings. The summed E-state index contributed by atoms with van der Waals surface area (Å²) >= 11 is 0. The minimum atomic E-state index is -0.853. The maximum atomic E-state index is 13.9. The van der Waals surface area contributed by atoms with Crippen molar-refractivity contribution in [3.8, 4) is 0 Å². The Balaban J connectivity index is 1.49. The number of para-hydroxylation sites is 1. The van der Waals surface area contributed by atoms with Crippen molar-refractivity contribution in [3.63, 3.8) is 0 Å². The number of imide groups is 1. The summed E-state index contributed by atoms with van der Waals surface area (Å²) < 4.78 is 0. The van der Waals surface area contributed by atoms with E-state index in [-0.39, 0.29) is 17.5 Å². The summed E-state index contributed by atoms with van der Waals surface area (Å²) in [6.07, 6.45) is 0. The standard InChI is InChI=1S/C27H18N4O4/c32-26-23-24(18-13-15-20(16-14-18)31(34)35)28-30(19-9-2-1-3-10-19)25(23)27(33)29(26)22-12-6-8-17-7-4-5-11-21(17)22/h1-16,23,25H/t23-,25-/m1/s1. The third-order valence-electron chi connectivity index (χ3n) is 6.45. The number of hydrogen-bond acceptors (Lipinski definition) is 6. The van der Waals surface area contributed by atoms with E-state index in [4.69, 9.17) is 5.10 Å². The monoisotopic (exact) mass is 462 g/mol. The van der Waals surface area contributed by atoms with E-state index in [0.29, 0.717) is 22.6 Å². The second-order valence-electron chi connectivity index (χ2n) is 8.40. The van der Waals surface area contributed by atoms with Gasteiger partial charge in [0.15, 0.2) is 0 Å². The van der Waals surface area contributed by atoms with Crippen LogP contribution in [0.5, 0.6) is 0 Å². The number of anilines is 2. The smallest absolute Gasteiger partial charge is 0.269 e. The Morgan fingerprint density at radius 1 is 0.771 bits per heavy atom. The van der Waals surface area contributed by atoms with Crippen molar-refractivity contribution in [1.29, 1.82) is 0 Å². The fraction of sp³-hybridized carbons (Fsp3) is 0.0741. The Morgan fingerprint density at radius 3 is 2.20 bits per heavy atom. The van der Waals surface area contributed by atoms with Crippen molar-refractivity contribution in [3.05, 3.63) is 113 Å². The molecule has 0 bridgehead atoms. The summed E-state index contributed by atoms with van der Waals surface area (Å²) in [5.41, 5.74) is 2.12. The molecular formula is C27H18N4O4. The highest BCUT2D eigenvalue weighted by atomic mass is 16.6. The van der Waals surface area contributed by atoms with Crippen LogP contribution in [0.4, 0.5) is 17.1 Å². The topological polar surface area (TPSA) is 96.1 Å². The molecule has 2 atom stereocenters. The molecule has 4 aromatic rings. The number of rotatable bonds is 4. The zero-order valence-electron chi connectivity index (χ0n) is 18.3. The number of nitro benzene ring substituents is 1. The molecule has 4 aromatic carbocycles. The van der Waals surface area contributed by atoms with Crippen LogP contribution in [-0.4, -0.2) is 28.5 Å². The summed E-state index contributed by atoms with van der Waals surface area (Å²) in [6, 6.07) is 27.4. The van der Waals surface area contributed by atoms with Gasteiger partial charge in [-0.05, 0) is 41.3 Å². The van der Waals surface area contributed by atoms with Crippen molar-refractivity contribution >= 4 is 45.4 Å². The molecule has 0 aliphatic carbocycles. The lowest BCUT2D eigenvalue weighted by atomic mass is 9.92. The van der Waals surface area contributed by atoms with Gasteiger partial charge in [0, 0.05) is 17.5 Å². The second-order valence-corrected chi connectivity index (χ2v) is 8.40. The van der Waals surface area contributed by atoms with Crippen LogP contribution in [0.25, 0.3) is 10.8 Å². The maximum absolute atomic E-state index is 13.9. The van der Waals surface area contributed by atoms with Crippen LogP contribution in [-0.2, 0) is 9.59 Å². The van der Waals surface area contributed by atoms with Crippen molar-refractivity contribution in [1.82, 2.24) is 0 Å². The van der Waals surface area contributed by atoms with Gasteiger partial charge in [0.1, 0.15) is 12.0 Å². The van der Waals surface area contributed by atoms with Crippen LogP contribution in [0.1, 0.15) is 5.56 Å². The number of fused-ring (bicyclic) bond motifs is 2. The van der Waals surface area contributed by atoms with Crippen LogP contribution < -0.4 is 9.91 Å². The largest absolute Gasteiger partial charge is 0.273 e. The molecule has 0 aromatic heterocycles. The minimum Gasteiger partial charge on any atom is -0.273 e. The van der Waals surface area contributed by atoms with E-state index >= 15 is 0 Å². The molecule has 6 rings (SSSR count). The Hall–Kier alpha value is -4.85. The summed E-state index contributed by atoms with van der Waals surface area (Å²) in [6.45, 7) is 0. The second kappa shape index (κ2) is 7.88. The van der Waals surface area contributed by atoms with E-state index in [9.17, 15) is 19.7 Å². The van der Waals surface area contributed by atoms with Crippen molar-refractivity contribution in [2.45, 2.75) is 6.04 Å². The fourth-order valence-corrected chi connectivity index (χ4v) is 4.84. The summed E-state index contributed by atoms with van der Waals surface area (Å²) in [5.74, 6) is -1.57. The third kappa shape index (κ3) is 3.18. The molecule has 2 aliphatic rings. The zero-order valence-corrected chi connectivity index (χ0v) is 18.3. The highest BCUT2D eigenvalue weighted by Gasteiger charge is 2.57. The van der Waals surface area contributed by atoms with Crippen LogP contribution in [0.2, 0.25) is 0 Å². The number of benzene rings is 4. The van der Waals surface area contributed by atoms with Crippen molar-refractivity contribution in [2.24, 2.45) is 11.0 Å². The van der Waals surface area contributed by atoms with Gasteiger partial charge in [-0.2, -0.15) is 5.10 Å². The predicted octanol–water partition coefficient (Wildman–Crippen LogP) is 4.53. The maximum Gasteiger partial charge on any atom is 0.269 e. The normalized spacial score (nSPS) is 19.3. The van der Waals surface area contributed by atoms with E-state index in [1.165, 1.54) is 17.0 Å². The Kier molecular flexibility index (Phi) is 4.67. The molecule has 8 heteroatoms. The van der Waals surface area contributed by atoms with Gasteiger partial charge >= 0.3 is 0 Å². The first-order valence-corrected chi connectivity index (χ1v) is 11.1. The molecule has 170 valence electrons. The number of nitro groups is 1. The van der Waals surface area contributed by atoms with E-state index < -0.39 is 16.9 Å². The van der Waals surface area contributed by atoms with E-state index in [0.717, 1.165) is 10.8 Å². The van der Waals surface area contributed by atoms with E-state index in [2.05, 4.69) is 0 Å². The van der Waals surface area contributed by atoms with E-state index in [1.54, 1.807) is 23.2 Å². The summed E-state index contributed by atoms with van der Waals surface area (Å²) in [5, 5.41) is 19.1. The molecule has 0 spiro atoms.